The highest BCUT2D eigenvalue weighted by Gasteiger charge is 2.32. The van der Waals surface area contributed by atoms with Gasteiger partial charge in [-0.25, -0.2) is 4.79 Å². The van der Waals surface area contributed by atoms with Gasteiger partial charge in [0.1, 0.15) is 0 Å². The van der Waals surface area contributed by atoms with Crippen molar-refractivity contribution < 1.29 is 4.79 Å². The van der Waals surface area contributed by atoms with E-state index >= 15 is 0 Å². The molecule has 0 saturated heterocycles. The van der Waals surface area contributed by atoms with Gasteiger partial charge in [0.15, 0.2) is 0 Å². The van der Waals surface area contributed by atoms with Crippen LogP contribution in [0.5, 0.6) is 0 Å². The van der Waals surface area contributed by atoms with Crippen molar-refractivity contribution >= 4 is 28.3 Å². The molecule has 1 aliphatic rings. The number of amides is 2. The number of fused-ring (bicyclic) bond motifs is 2. The number of carbonyl (C=O) groups excluding carboxylic acids is 1. The average Bonchev–Trinajstić information content (AvgIpc) is 3.24. The van der Waals surface area contributed by atoms with Crippen LogP contribution in [0, 0.1) is 0 Å². The van der Waals surface area contributed by atoms with Crippen molar-refractivity contribution in [2.75, 3.05) is 16.3 Å². The van der Waals surface area contributed by atoms with Crippen LogP contribution in [0.2, 0.25) is 0 Å². The van der Waals surface area contributed by atoms with Gasteiger partial charge >= 0.3 is 6.03 Å². The van der Waals surface area contributed by atoms with Crippen LogP contribution in [-0.4, -0.2) is 28.8 Å². The van der Waals surface area contributed by atoms with Gasteiger partial charge in [-0.15, -0.1) is 0 Å². The third-order valence-corrected chi connectivity index (χ3v) is 5.76. The van der Waals surface area contributed by atoms with Crippen LogP contribution < -0.4 is 15.5 Å². The second-order valence-corrected chi connectivity index (χ2v) is 7.67. The van der Waals surface area contributed by atoms with E-state index in [0.717, 1.165) is 29.6 Å². The minimum Gasteiger partial charge on any atom is -0.365 e. The van der Waals surface area contributed by atoms with E-state index in [1.54, 1.807) is 11.1 Å². The van der Waals surface area contributed by atoms with Crippen molar-refractivity contribution in [3.05, 3.63) is 90.1 Å². The zero-order valence-electron chi connectivity index (χ0n) is 16.5. The molecule has 2 heterocycles. The molecule has 6 heteroatoms. The molecule has 1 unspecified atom stereocenters. The lowest BCUT2D eigenvalue weighted by atomic mass is 9.95. The first kappa shape index (κ1) is 18.2. The number of nitrogens with one attached hydrogen (secondary N) is 1. The zero-order chi connectivity index (χ0) is 20.5. The van der Waals surface area contributed by atoms with Crippen LogP contribution in [0.3, 0.4) is 0 Å². The number of anilines is 2. The maximum atomic E-state index is 12.6. The summed E-state index contributed by atoms with van der Waals surface area (Å²) in [6, 6.07) is 24.1. The first-order valence-corrected chi connectivity index (χ1v) is 10.1. The van der Waals surface area contributed by atoms with Gasteiger partial charge in [0.05, 0.1) is 23.4 Å². The third-order valence-electron chi connectivity index (χ3n) is 5.76. The molecule has 0 aliphatic carbocycles. The van der Waals surface area contributed by atoms with E-state index < -0.39 is 6.03 Å². The Labute approximate surface area is 174 Å². The maximum absolute atomic E-state index is 12.6. The van der Waals surface area contributed by atoms with Gasteiger partial charge in [-0.05, 0) is 35.7 Å². The number of primary amides is 1. The number of aromatic nitrogens is 2. The summed E-state index contributed by atoms with van der Waals surface area (Å²) in [7, 11) is 0. The number of carbonyl (C=O) groups is 1. The predicted octanol–water partition coefficient (Wildman–Crippen LogP) is 4.08. The highest BCUT2D eigenvalue weighted by molar-refractivity contribution is 6.02. The van der Waals surface area contributed by atoms with Crippen molar-refractivity contribution in [2.24, 2.45) is 5.73 Å². The molecule has 1 aliphatic heterocycles. The number of urea groups is 1. The Morgan fingerprint density at radius 1 is 1.07 bits per heavy atom. The van der Waals surface area contributed by atoms with E-state index in [0.29, 0.717) is 6.54 Å². The maximum Gasteiger partial charge on any atom is 0.319 e. The Kier molecular flexibility index (Phi) is 4.59. The molecule has 1 aromatic heterocycles. The number of para-hydroxylation sites is 1. The topological polar surface area (TPSA) is 78.2 Å². The van der Waals surface area contributed by atoms with Crippen LogP contribution in [0.25, 0.3) is 10.9 Å². The molecule has 3 N–H and O–H groups in total. The number of nitrogens with two attached hydrogens (primary N) is 1. The molecule has 3 aromatic carbocycles. The first-order chi connectivity index (χ1) is 14.7. The van der Waals surface area contributed by atoms with Gasteiger partial charge in [0, 0.05) is 24.2 Å². The Hall–Kier alpha value is -3.80. The number of nitrogens with zero attached hydrogens (tertiary/aromatic N) is 3. The van der Waals surface area contributed by atoms with E-state index in [-0.39, 0.29) is 6.04 Å². The molecule has 4 aromatic rings. The number of H-pyrrole nitrogens is 1. The fraction of sp³-hybridized carbons (Fsp3) is 0.167. The lowest BCUT2D eigenvalue weighted by molar-refractivity contribution is 0.251. The molecule has 150 valence electrons. The van der Waals surface area contributed by atoms with Crippen LogP contribution >= 0.6 is 0 Å². The summed E-state index contributed by atoms with van der Waals surface area (Å²) < 4.78 is 0. The quantitative estimate of drug-likeness (QED) is 0.545. The molecule has 0 saturated carbocycles. The molecule has 5 rings (SSSR count). The minimum absolute atomic E-state index is 0.0818. The molecular weight excluding hydrogens is 374 g/mol. The van der Waals surface area contributed by atoms with Gasteiger partial charge in [-0.1, -0.05) is 54.6 Å². The van der Waals surface area contributed by atoms with Crippen molar-refractivity contribution in [1.29, 1.82) is 0 Å². The fourth-order valence-corrected chi connectivity index (χ4v) is 4.45. The Morgan fingerprint density at radius 3 is 2.70 bits per heavy atom. The van der Waals surface area contributed by atoms with Gasteiger partial charge in [0.25, 0.3) is 0 Å². The first-order valence-electron chi connectivity index (χ1n) is 10.1. The summed E-state index contributed by atoms with van der Waals surface area (Å²) in [6.45, 7) is 1.47. The summed E-state index contributed by atoms with van der Waals surface area (Å²) in [4.78, 5) is 16.7. The second kappa shape index (κ2) is 7.55. The molecular formula is C24H23N5O. The lowest BCUT2D eigenvalue weighted by Crippen LogP contribution is -2.52. The molecule has 0 fully saturated rings. The minimum atomic E-state index is -0.451. The highest BCUT2D eigenvalue weighted by atomic mass is 16.2. The van der Waals surface area contributed by atoms with E-state index in [1.807, 2.05) is 30.3 Å². The Morgan fingerprint density at radius 2 is 1.87 bits per heavy atom. The molecule has 30 heavy (non-hydrogen) atoms. The SMILES string of the molecule is NC(=O)N(c1cccc2[nH]ncc12)C1Cc2ccccc2N(Cc2ccccc2)C1. The zero-order valence-corrected chi connectivity index (χ0v) is 16.5. The second-order valence-electron chi connectivity index (χ2n) is 7.67. The fourth-order valence-electron chi connectivity index (χ4n) is 4.45. The molecule has 2 amide bonds. The average molecular weight is 397 g/mol. The smallest absolute Gasteiger partial charge is 0.319 e. The van der Waals surface area contributed by atoms with Crippen LogP contribution in [0.4, 0.5) is 16.2 Å². The molecule has 6 nitrogen and oxygen atoms in total. The number of hydrogen-bond donors (Lipinski definition) is 2. The van der Waals surface area contributed by atoms with E-state index in [2.05, 4.69) is 57.6 Å². The summed E-state index contributed by atoms with van der Waals surface area (Å²) in [5, 5.41) is 8.01. The van der Waals surface area contributed by atoms with E-state index in [1.165, 1.54) is 16.8 Å². The van der Waals surface area contributed by atoms with Crippen LogP contribution in [-0.2, 0) is 13.0 Å². The van der Waals surface area contributed by atoms with Gasteiger partial charge in [-0.3, -0.25) is 10.00 Å². The standard InChI is InChI=1S/C24H23N5O/c25-24(30)29(23-12-6-10-21-20(23)14-26-27-21)19-13-18-9-4-5-11-22(18)28(16-19)15-17-7-2-1-3-8-17/h1-12,14,19H,13,15-16H2,(H2,25,30)(H,26,27). The third kappa shape index (κ3) is 3.26. The van der Waals surface area contributed by atoms with E-state index in [4.69, 9.17) is 5.73 Å². The van der Waals surface area contributed by atoms with Crippen molar-refractivity contribution in [2.45, 2.75) is 19.0 Å². The summed E-state index contributed by atoms with van der Waals surface area (Å²) in [5.74, 6) is 0. The molecule has 1 atom stereocenters. The summed E-state index contributed by atoms with van der Waals surface area (Å²) in [5.41, 5.74) is 11.3. The van der Waals surface area contributed by atoms with Crippen LogP contribution in [0.1, 0.15) is 11.1 Å². The monoisotopic (exact) mass is 397 g/mol. The molecule has 0 spiro atoms. The van der Waals surface area contributed by atoms with Crippen molar-refractivity contribution in [3.8, 4) is 0 Å². The number of rotatable bonds is 4. The lowest BCUT2D eigenvalue weighted by Gasteiger charge is -2.41. The van der Waals surface area contributed by atoms with Gasteiger partial charge < -0.3 is 10.6 Å². The largest absolute Gasteiger partial charge is 0.365 e. The normalized spacial score (nSPS) is 15.7. The summed E-state index contributed by atoms with van der Waals surface area (Å²) in [6.07, 6.45) is 2.50. The number of aromatic amines is 1. The van der Waals surface area contributed by atoms with Crippen molar-refractivity contribution in [1.82, 2.24) is 10.2 Å². The molecule has 0 bridgehead atoms. The van der Waals surface area contributed by atoms with Gasteiger partial charge in [0.2, 0.25) is 0 Å². The number of benzene rings is 3. The highest BCUT2D eigenvalue weighted by Crippen LogP contribution is 2.34. The Balaban J connectivity index is 1.54. The van der Waals surface area contributed by atoms with Gasteiger partial charge in [-0.2, -0.15) is 5.10 Å². The molecule has 0 radical (unpaired) electrons. The Bertz CT molecular complexity index is 1190. The number of hydrogen-bond acceptors (Lipinski definition) is 3. The predicted molar refractivity (Wildman–Crippen MR) is 120 cm³/mol. The van der Waals surface area contributed by atoms with Crippen LogP contribution in [0.15, 0.2) is 79.0 Å². The summed E-state index contributed by atoms with van der Waals surface area (Å²) >= 11 is 0. The van der Waals surface area contributed by atoms with Crippen molar-refractivity contribution in [3.63, 3.8) is 0 Å². The van der Waals surface area contributed by atoms with E-state index in [9.17, 15) is 4.79 Å².